The van der Waals surface area contributed by atoms with Crippen LogP contribution in [0.2, 0.25) is 0 Å². The predicted molar refractivity (Wildman–Crippen MR) is 309 cm³/mol. The molecule has 4 rings (SSSR count). The van der Waals surface area contributed by atoms with E-state index in [4.69, 9.17) is 5.11 Å². The molecule has 2 fully saturated rings. The van der Waals surface area contributed by atoms with Gasteiger partial charge in [0.05, 0.1) is 87.7 Å². The van der Waals surface area contributed by atoms with Crippen molar-refractivity contribution >= 4 is 107 Å². The van der Waals surface area contributed by atoms with Gasteiger partial charge in [0.2, 0.25) is 0 Å². The van der Waals surface area contributed by atoms with Gasteiger partial charge >= 0.3 is 88.7 Å². The van der Waals surface area contributed by atoms with Gasteiger partial charge in [-0.05, 0) is 140 Å². The number of carbonyl (C=O) groups excluding carboxylic acids is 4. The Morgan fingerprint density at radius 3 is 1.16 bits per heavy atom. The molecular formula is C46H93N6Na3O24S6. The summed E-state index contributed by atoms with van der Waals surface area (Å²) in [6, 6.07) is 0. The van der Waals surface area contributed by atoms with Crippen LogP contribution in [0, 0.1) is 22.2 Å². The van der Waals surface area contributed by atoms with E-state index in [-0.39, 0.29) is 187 Å². The summed E-state index contributed by atoms with van der Waals surface area (Å²) in [6.07, 6.45) is 3.25. The Kier molecular flexibility index (Phi) is 61.7. The van der Waals surface area contributed by atoms with Crippen LogP contribution in [0.3, 0.4) is 0 Å². The summed E-state index contributed by atoms with van der Waals surface area (Å²) >= 11 is 0. The van der Waals surface area contributed by atoms with Crippen molar-refractivity contribution in [3.8, 4) is 0 Å². The molecule has 1 unspecified atom stereocenters. The number of ketones is 4. The van der Waals surface area contributed by atoms with Gasteiger partial charge in [-0.2, -0.15) is 27.0 Å². The largest absolute Gasteiger partial charge is 1.00 e. The second kappa shape index (κ2) is 49.3. The molecule has 0 saturated carbocycles. The summed E-state index contributed by atoms with van der Waals surface area (Å²) in [7, 11) is -22.9. The molecule has 0 aromatic heterocycles. The van der Waals surface area contributed by atoms with Crippen LogP contribution in [0.1, 0.15) is 163 Å². The first-order valence-corrected chi connectivity index (χ1v) is 33.8. The SMILES string of the molecule is C.C.CC(=O)C(C)(CCCS(=O)(=O)[O-])C(C)=O.CC(=O)C(C)C(C)=O.CC1=NN=C(C)C1(C)CCCS(=O)(=O)[O-].CC1=N[N+](CCCS(=O)(=O)[O-])=C(C)C1(C)CCCS(=O)(=O)[O-].CCO.NN.O.O=S1(=O)CCCO1.O=S1(=O)CCCO1.[Na+].[Na+].[Na+]. The Morgan fingerprint density at radius 1 is 0.635 bits per heavy atom. The zero-order chi connectivity index (χ0) is 63.2. The number of aliphatic hydroxyl groups is 1. The maximum Gasteiger partial charge on any atom is 1.00 e. The van der Waals surface area contributed by atoms with Crippen molar-refractivity contribution in [1.29, 1.82) is 0 Å². The monoisotopic (exact) mass is 1370 g/mol. The van der Waals surface area contributed by atoms with Crippen molar-refractivity contribution < 1.29 is 200 Å². The topological polar surface area (TPSA) is 528 Å². The third kappa shape index (κ3) is 50.0. The number of nitrogens with zero attached hydrogens (tertiary/aromatic N) is 4. The number of hydrazone groups is 1. The van der Waals surface area contributed by atoms with Gasteiger partial charge in [0.15, 0.2) is 12.3 Å². The summed E-state index contributed by atoms with van der Waals surface area (Å²) in [5, 5.41) is 19.8. The maximum atomic E-state index is 11.2. The maximum absolute atomic E-state index is 11.2. The van der Waals surface area contributed by atoms with Crippen molar-refractivity contribution in [1.82, 2.24) is 0 Å². The molecule has 0 aromatic rings. The van der Waals surface area contributed by atoms with E-state index >= 15 is 0 Å². The Hall–Kier alpha value is -0.340. The molecule has 39 heteroatoms. The second-order valence-electron chi connectivity index (χ2n) is 18.7. The zero-order valence-electron chi connectivity index (χ0n) is 50.8. The van der Waals surface area contributed by atoms with Gasteiger partial charge < -0.3 is 28.8 Å². The predicted octanol–water partition coefficient (Wildman–Crippen LogP) is -7.67. The average molecular weight is 1380 g/mol. The van der Waals surface area contributed by atoms with Crippen LogP contribution >= 0.6 is 0 Å². The van der Waals surface area contributed by atoms with E-state index in [1.54, 1.807) is 25.5 Å². The third-order valence-corrected chi connectivity index (χ3v) is 18.3. The standard InChI is InChI=1S/C12H22N2O6S2.C9H16N2O3S.C9H16O5S.C6H10O2.2C3H6O3S.C2H6O.2CH4.H4N2.3Na.H2O/c1-10-12(3,6-4-8-21(15,16)17)11(2)14(13-10)7-5-9-22(18,19)20;1-7-9(3,8(2)11-10-7)5-4-6-15(12,13)14;1-7(10)9(3,8(2)11)5-4-6-15(12,13)14;1-4(5(2)7)6(3)8;2*4-7(5)3-1-2-6-7;1-2-3;;;1-2;;;;/h4-9H2,1-3H3,(H-,15,16,17,18,19,20);2*4-6H2,1-3H3,(H,12,13,14);4H,1-3H3;2*1-3H2;3H,2H2,1H3;2*1H4;1-2H2;;;;1H2/q;;;;;;;;;;3*+1;/p-3. The van der Waals surface area contributed by atoms with Gasteiger partial charge in [-0.3, -0.25) is 39.2 Å². The van der Waals surface area contributed by atoms with Crippen molar-refractivity contribution in [3.05, 3.63) is 0 Å². The normalized spacial score (nSPS) is 17.5. The molecule has 1 atom stereocenters. The van der Waals surface area contributed by atoms with Crippen LogP contribution in [0.4, 0.5) is 0 Å². The number of Topliss-reactive ketones (excluding diaryl/α,β-unsaturated/α-hetero) is 4. The zero-order valence-corrected chi connectivity index (χ0v) is 61.7. The fourth-order valence-electron chi connectivity index (χ4n) is 6.53. The Bertz CT molecular complexity index is 2690. The van der Waals surface area contributed by atoms with Gasteiger partial charge in [0, 0.05) is 59.8 Å². The molecule has 7 N–H and O–H groups in total. The van der Waals surface area contributed by atoms with Gasteiger partial charge in [-0.15, -0.1) is 0 Å². The minimum Gasteiger partial charge on any atom is -0.748 e. The van der Waals surface area contributed by atoms with Crippen LogP contribution in [-0.4, -0.2) is 191 Å². The van der Waals surface area contributed by atoms with E-state index in [2.05, 4.69) is 35.4 Å². The molecule has 4 heterocycles. The minimum atomic E-state index is -4.27. The van der Waals surface area contributed by atoms with E-state index in [0.717, 1.165) is 22.8 Å². The number of carbonyl (C=O) groups is 4. The van der Waals surface area contributed by atoms with E-state index in [0.29, 0.717) is 51.9 Å². The van der Waals surface area contributed by atoms with Crippen molar-refractivity contribution in [2.45, 2.75) is 163 Å². The molecule has 0 amide bonds. The number of hydrazine groups is 1. The van der Waals surface area contributed by atoms with Crippen LogP contribution in [0.25, 0.3) is 0 Å². The Labute approximate surface area is 573 Å². The van der Waals surface area contributed by atoms with Crippen LogP contribution < -0.4 is 100 Å². The van der Waals surface area contributed by atoms with Gasteiger partial charge in [-0.25, -0.2) is 33.7 Å². The molecule has 0 bridgehead atoms. The van der Waals surface area contributed by atoms with E-state index in [9.17, 15) is 87.9 Å². The molecular weight excluding hydrogens is 1280 g/mol. The van der Waals surface area contributed by atoms with E-state index in [1.165, 1.54) is 34.6 Å². The number of hydrogen-bond donors (Lipinski definition) is 3. The Morgan fingerprint density at radius 2 is 0.929 bits per heavy atom. The molecule has 30 nitrogen and oxygen atoms in total. The van der Waals surface area contributed by atoms with E-state index < -0.39 is 94.7 Å². The fourth-order valence-corrected chi connectivity index (χ4v) is 10.4. The number of nitrogens with two attached hydrogens (primary N) is 2. The summed E-state index contributed by atoms with van der Waals surface area (Å²) < 4.78 is 177. The molecule has 490 valence electrons. The molecule has 0 aliphatic carbocycles. The van der Waals surface area contributed by atoms with Crippen LogP contribution in [0.5, 0.6) is 0 Å². The van der Waals surface area contributed by atoms with Gasteiger partial charge in [0.25, 0.3) is 20.2 Å². The van der Waals surface area contributed by atoms with Crippen molar-refractivity contribution in [2.24, 2.45) is 49.2 Å². The summed E-state index contributed by atoms with van der Waals surface area (Å²) in [5.74, 6) is 5.54. The molecule has 0 aromatic carbocycles. The first kappa shape index (κ1) is 106. The van der Waals surface area contributed by atoms with Crippen molar-refractivity contribution in [3.63, 3.8) is 0 Å². The van der Waals surface area contributed by atoms with Gasteiger partial charge in [-0.1, -0.05) is 19.5 Å². The molecule has 4 aliphatic rings. The number of hydrogen-bond acceptors (Lipinski definition) is 28. The van der Waals surface area contributed by atoms with E-state index in [1.807, 2.05) is 34.6 Å². The van der Waals surface area contributed by atoms with Gasteiger partial charge in [0.1, 0.15) is 23.1 Å². The summed E-state index contributed by atoms with van der Waals surface area (Å²) in [5.41, 5.74) is 1.50. The molecule has 0 radical (unpaired) electrons. The summed E-state index contributed by atoms with van der Waals surface area (Å²) in [6.45, 7) is 22.7. The quantitative estimate of drug-likeness (QED) is 0.0194. The first-order valence-electron chi connectivity index (χ1n) is 24.3. The molecule has 4 aliphatic heterocycles. The molecule has 0 spiro atoms. The fraction of sp³-hybridized carbons (Fsp3) is 0.826. The molecule has 2 saturated heterocycles. The Balaban J connectivity index is -0.000000100. The first-order chi connectivity index (χ1) is 35.6. The minimum absolute atomic E-state index is 0. The van der Waals surface area contributed by atoms with Crippen LogP contribution in [-0.2, 0) is 88.3 Å². The number of aliphatic hydroxyl groups excluding tert-OH is 1. The smallest absolute Gasteiger partial charge is 0.748 e. The second-order valence-corrected chi connectivity index (χ2v) is 28.3. The average Bonchev–Trinajstić information content (AvgIpc) is 4.02. The number of rotatable bonds is 20. The summed E-state index contributed by atoms with van der Waals surface area (Å²) in [4.78, 5) is 43.2. The molecule has 85 heavy (non-hydrogen) atoms. The van der Waals surface area contributed by atoms with Crippen molar-refractivity contribution in [2.75, 3.05) is 60.9 Å². The van der Waals surface area contributed by atoms with Crippen LogP contribution in [0.15, 0.2) is 15.3 Å². The third-order valence-electron chi connectivity index (χ3n) is 12.6.